The standard InChI is InChI=1S/C59H73FN10O6S2/c1-43-55(58(71)61-27-9-28-66-34-32-64(3)33-35-66)56(57(65(43)4)44-14-16-46(60)17-15-44)45-10-8-11-50(40-45)69-38-36-68(37-39-69)49-20-18-47(19-21-49)63-78(75,76)52-22-23-53(54(41-52)70(73)74)62-48(42-77-51-12-6-5-7-13-51)24-29-67-30-25-59(2,72)26-31-67/h5-8,10-23,40-41,48,62-63,72H,9,24-39,42H2,1-4H3,(H,61,71)/t48-/m1/s1. The van der Waals surface area contributed by atoms with Crippen molar-refractivity contribution in [3.63, 3.8) is 0 Å². The first-order chi connectivity index (χ1) is 37.5. The number of aliphatic hydroxyl groups is 1. The van der Waals surface area contributed by atoms with Crippen LogP contribution in [-0.4, -0.2) is 153 Å². The van der Waals surface area contributed by atoms with E-state index in [4.69, 9.17) is 0 Å². The molecule has 6 aromatic rings. The van der Waals surface area contributed by atoms with Crippen molar-refractivity contribution in [2.75, 3.05) is 118 Å². The van der Waals surface area contributed by atoms with Gasteiger partial charge < -0.3 is 44.8 Å². The Morgan fingerprint density at radius 2 is 1.45 bits per heavy atom. The molecule has 414 valence electrons. The van der Waals surface area contributed by atoms with Gasteiger partial charge in [-0.2, -0.15) is 0 Å². The van der Waals surface area contributed by atoms with Gasteiger partial charge in [0.05, 0.1) is 26.7 Å². The second-order valence-electron chi connectivity index (χ2n) is 21.2. The van der Waals surface area contributed by atoms with Crippen molar-refractivity contribution in [1.82, 2.24) is 24.6 Å². The average Bonchev–Trinajstić information content (AvgIpc) is 3.71. The van der Waals surface area contributed by atoms with Crippen LogP contribution in [0.15, 0.2) is 131 Å². The lowest BCUT2D eigenvalue weighted by atomic mass is 9.94. The first-order valence-corrected chi connectivity index (χ1v) is 29.5. The zero-order valence-corrected chi connectivity index (χ0v) is 46.8. The Morgan fingerprint density at radius 3 is 2.13 bits per heavy atom. The number of likely N-dealkylation sites (N-methyl/N-ethyl adjacent to an activating group) is 1. The lowest BCUT2D eigenvalue weighted by molar-refractivity contribution is -0.384. The Kier molecular flexibility index (Phi) is 18.1. The summed E-state index contributed by atoms with van der Waals surface area (Å²) < 4.78 is 46.5. The van der Waals surface area contributed by atoms with Gasteiger partial charge in [0.2, 0.25) is 0 Å². The number of benzene rings is 5. The molecule has 78 heavy (non-hydrogen) atoms. The summed E-state index contributed by atoms with van der Waals surface area (Å²) in [4.78, 5) is 38.7. The SMILES string of the molecule is Cc1c(C(=O)NCCCN2CCN(C)CC2)c(-c2cccc(N3CCN(c4ccc(NS(=O)(=O)c5ccc(N[C@H](CCN6CCC(C)(O)CC6)CSc6ccccc6)c([N+](=O)[O-])c5)cc4)CC3)c2)c(-c2ccc(F)cc2)n1C. The molecule has 3 saturated heterocycles. The molecule has 4 heterocycles. The van der Waals surface area contributed by atoms with Gasteiger partial charge in [-0.25, -0.2) is 12.8 Å². The quantitative estimate of drug-likeness (QED) is 0.0233. The van der Waals surface area contributed by atoms with Crippen molar-refractivity contribution in [2.45, 2.75) is 61.0 Å². The minimum Gasteiger partial charge on any atom is -0.390 e. The molecule has 16 nitrogen and oxygen atoms in total. The van der Waals surface area contributed by atoms with Crippen LogP contribution >= 0.6 is 11.8 Å². The number of hydrogen-bond acceptors (Lipinski definition) is 13. The largest absolute Gasteiger partial charge is 0.390 e. The number of nitro benzene ring substituents is 1. The van der Waals surface area contributed by atoms with E-state index in [1.807, 2.05) is 80.1 Å². The molecule has 0 aliphatic carbocycles. The van der Waals surface area contributed by atoms with Crippen molar-refractivity contribution in [3.8, 4) is 22.4 Å². The molecule has 3 aliphatic heterocycles. The van der Waals surface area contributed by atoms with Gasteiger partial charge in [-0.15, -0.1) is 11.8 Å². The number of nitrogens with zero attached hydrogens (tertiary/aromatic N) is 7. The molecule has 3 fully saturated rings. The number of nitrogens with one attached hydrogen (secondary N) is 3. The Morgan fingerprint density at radius 1 is 0.782 bits per heavy atom. The maximum atomic E-state index is 14.2. The number of likely N-dealkylation sites (tertiary alicyclic amines) is 1. The van der Waals surface area contributed by atoms with Crippen LogP contribution in [0.1, 0.15) is 48.7 Å². The van der Waals surface area contributed by atoms with E-state index in [1.165, 1.54) is 24.3 Å². The molecule has 9 rings (SSSR count). The highest BCUT2D eigenvalue weighted by atomic mass is 32.2. The third-order valence-electron chi connectivity index (χ3n) is 15.6. The van der Waals surface area contributed by atoms with Gasteiger partial charge in [0.25, 0.3) is 21.6 Å². The molecule has 0 unspecified atom stereocenters. The van der Waals surface area contributed by atoms with Crippen molar-refractivity contribution in [3.05, 3.63) is 149 Å². The molecule has 1 aromatic heterocycles. The van der Waals surface area contributed by atoms with Crippen LogP contribution in [0.2, 0.25) is 0 Å². The molecule has 5 aromatic carbocycles. The van der Waals surface area contributed by atoms with E-state index >= 15 is 0 Å². The maximum Gasteiger partial charge on any atom is 0.293 e. The molecule has 1 amide bonds. The van der Waals surface area contributed by atoms with Crippen LogP contribution in [0.5, 0.6) is 0 Å². The number of anilines is 4. The predicted octanol–water partition coefficient (Wildman–Crippen LogP) is 9.02. The van der Waals surface area contributed by atoms with Crippen LogP contribution in [0, 0.1) is 22.9 Å². The number of piperidine rings is 1. The minimum atomic E-state index is -4.21. The molecule has 0 radical (unpaired) electrons. The highest BCUT2D eigenvalue weighted by Crippen LogP contribution is 2.41. The molecule has 0 spiro atoms. The van der Waals surface area contributed by atoms with E-state index in [2.05, 4.69) is 59.0 Å². The van der Waals surface area contributed by atoms with E-state index in [0.717, 1.165) is 109 Å². The van der Waals surface area contributed by atoms with Gasteiger partial charge in [-0.1, -0.05) is 30.3 Å². The zero-order valence-electron chi connectivity index (χ0n) is 45.2. The van der Waals surface area contributed by atoms with Crippen molar-refractivity contribution in [1.29, 1.82) is 0 Å². The molecule has 19 heteroatoms. The number of carbonyl (C=O) groups excluding carboxylic acids is 1. The van der Waals surface area contributed by atoms with E-state index in [0.29, 0.717) is 69.0 Å². The van der Waals surface area contributed by atoms with E-state index < -0.39 is 20.5 Å². The van der Waals surface area contributed by atoms with Gasteiger partial charge in [-0.3, -0.25) is 19.6 Å². The average molecular weight is 1100 g/mol. The van der Waals surface area contributed by atoms with Gasteiger partial charge in [-0.05, 0) is 149 Å². The summed E-state index contributed by atoms with van der Waals surface area (Å²) in [7, 11) is -0.114. The lowest BCUT2D eigenvalue weighted by Crippen LogP contribution is -2.46. The lowest BCUT2D eigenvalue weighted by Gasteiger charge is -2.37. The smallest absolute Gasteiger partial charge is 0.293 e. The monoisotopic (exact) mass is 1100 g/mol. The fourth-order valence-electron chi connectivity index (χ4n) is 10.7. The number of thioether (sulfide) groups is 1. The van der Waals surface area contributed by atoms with Gasteiger partial charge in [0.15, 0.2) is 0 Å². The highest BCUT2D eigenvalue weighted by molar-refractivity contribution is 7.99. The number of nitro groups is 1. The molecule has 3 aliphatic rings. The summed E-state index contributed by atoms with van der Waals surface area (Å²) in [5.41, 5.74) is 6.27. The number of rotatable bonds is 21. The van der Waals surface area contributed by atoms with Crippen molar-refractivity contribution >= 4 is 56.1 Å². The number of hydrogen-bond donors (Lipinski definition) is 4. The fourth-order valence-corrected chi connectivity index (χ4v) is 12.8. The zero-order chi connectivity index (χ0) is 55.0. The number of piperazine rings is 2. The first kappa shape index (κ1) is 56.2. The molecule has 1 atom stereocenters. The number of aromatic nitrogens is 1. The first-order valence-electron chi connectivity index (χ1n) is 27.1. The normalized spacial score (nSPS) is 16.9. The van der Waals surface area contributed by atoms with E-state index in [-0.39, 0.29) is 34.0 Å². The van der Waals surface area contributed by atoms with Crippen LogP contribution in [-0.2, 0) is 17.1 Å². The predicted molar refractivity (Wildman–Crippen MR) is 312 cm³/mol. The van der Waals surface area contributed by atoms with Crippen LogP contribution in [0.4, 0.5) is 32.8 Å². The maximum absolute atomic E-state index is 14.2. The Labute approximate surface area is 462 Å². The number of halogens is 1. The third-order valence-corrected chi connectivity index (χ3v) is 18.1. The van der Waals surface area contributed by atoms with Gasteiger partial charge >= 0.3 is 0 Å². The molecule has 4 N–H and O–H groups in total. The second-order valence-corrected chi connectivity index (χ2v) is 24.0. The summed E-state index contributed by atoms with van der Waals surface area (Å²) in [6.45, 7) is 14.5. The van der Waals surface area contributed by atoms with E-state index in [9.17, 15) is 32.8 Å². The number of amides is 1. The molecular formula is C59H73FN10O6S2. The van der Waals surface area contributed by atoms with Crippen LogP contribution in [0.25, 0.3) is 22.4 Å². The van der Waals surface area contributed by atoms with Crippen molar-refractivity contribution in [2.24, 2.45) is 7.05 Å². The van der Waals surface area contributed by atoms with Gasteiger partial charge in [0.1, 0.15) is 11.5 Å². The Balaban J connectivity index is 0.841. The Hall–Kier alpha value is -6.48. The minimum absolute atomic E-state index is 0.135. The summed E-state index contributed by atoms with van der Waals surface area (Å²) in [5, 5.41) is 29.6. The van der Waals surface area contributed by atoms with Gasteiger partial charge in [0, 0.05) is 137 Å². The second kappa shape index (κ2) is 25.1. The number of sulfonamides is 1. The fraction of sp³-hybridized carbons (Fsp3) is 0.407. The molecule has 0 bridgehead atoms. The summed E-state index contributed by atoms with van der Waals surface area (Å²) in [5.74, 6) is 0.166. The van der Waals surface area contributed by atoms with Crippen LogP contribution < -0.4 is 25.2 Å². The summed E-state index contributed by atoms with van der Waals surface area (Å²) in [6.07, 6.45) is 2.90. The van der Waals surface area contributed by atoms with E-state index in [1.54, 1.807) is 36.0 Å². The number of carbonyl (C=O) groups is 1. The Bertz CT molecular complexity index is 3120. The third kappa shape index (κ3) is 14.0. The highest BCUT2D eigenvalue weighted by Gasteiger charge is 2.30. The summed E-state index contributed by atoms with van der Waals surface area (Å²) in [6, 6.07) is 35.6. The molecule has 0 saturated carbocycles. The van der Waals surface area contributed by atoms with Crippen LogP contribution in [0.3, 0.4) is 0 Å². The summed E-state index contributed by atoms with van der Waals surface area (Å²) >= 11 is 1.65. The van der Waals surface area contributed by atoms with Crippen molar-refractivity contribution < 1.29 is 27.6 Å². The molecular weight excluding hydrogens is 1030 g/mol. The topological polar surface area (TPSA) is 172 Å².